The van der Waals surface area contributed by atoms with Crippen molar-refractivity contribution >= 4 is 27.5 Å². The zero-order chi connectivity index (χ0) is 9.84. The molecule has 0 radical (unpaired) electrons. The molecule has 0 saturated heterocycles. The largest absolute Gasteiger partial charge is 0.385 e. The van der Waals surface area contributed by atoms with Crippen LogP contribution in [-0.2, 0) is 0 Å². The van der Waals surface area contributed by atoms with E-state index in [0.29, 0.717) is 0 Å². The Morgan fingerprint density at radius 3 is 2.85 bits per heavy atom. The van der Waals surface area contributed by atoms with Crippen molar-refractivity contribution in [3.8, 4) is 0 Å². The van der Waals surface area contributed by atoms with E-state index < -0.39 is 0 Å². The molecular formula is C9H12BrN3. The van der Waals surface area contributed by atoms with E-state index in [-0.39, 0.29) is 5.84 Å². The Kier molecular flexibility index (Phi) is 3.31. The van der Waals surface area contributed by atoms with Gasteiger partial charge in [-0.05, 0) is 35.0 Å². The van der Waals surface area contributed by atoms with Crippen molar-refractivity contribution in [1.82, 2.24) is 0 Å². The second-order valence-corrected chi connectivity index (χ2v) is 3.46. The molecule has 3 nitrogen and oxygen atoms in total. The highest BCUT2D eigenvalue weighted by atomic mass is 79.9. The Hall–Kier alpha value is -1.03. The first-order valence-corrected chi connectivity index (χ1v) is 4.83. The molecule has 4 heteroatoms. The van der Waals surface area contributed by atoms with Crippen molar-refractivity contribution in [2.75, 3.05) is 11.9 Å². The summed E-state index contributed by atoms with van der Waals surface area (Å²) >= 11 is 3.36. The summed E-state index contributed by atoms with van der Waals surface area (Å²) in [6.45, 7) is 2.82. The van der Waals surface area contributed by atoms with Gasteiger partial charge in [-0.2, -0.15) is 0 Å². The second kappa shape index (κ2) is 4.28. The molecule has 0 aliphatic rings. The van der Waals surface area contributed by atoms with Crippen molar-refractivity contribution in [2.24, 2.45) is 5.73 Å². The summed E-state index contributed by atoms with van der Waals surface area (Å²) in [5.41, 5.74) is 7.08. The third kappa shape index (κ3) is 2.21. The standard InChI is InChI=1S/C9H12BrN3/c1-2-13-7-5-3-4-6(10)8(7)9(11)12/h3-5,13H,2H2,1H3,(H3,11,12). The lowest BCUT2D eigenvalue weighted by molar-refractivity contribution is 1.20. The fourth-order valence-corrected chi connectivity index (χ4v) is 1.72. The average molecular weight is 242 g/mol. The molecule has 0 spiro atoms. The quantitative estimate of drug-likeness (QED) is 0.561. The van der Waals surface area contributed by atoms with Crippen LogP contribution in [0.15, 0.2) is 22.7 Å². The van der Waals surface area contributed by atoms with Crippen LogP contribution in [0.5, 0.6) is 0 Å². The van der Waals surface area contributed by atoms with Crippen LogP contribution < -0.4 is 11.1 Å². The van der Waals surface area contributed by atoms with Gasteiger partial charge in [-0.3, -0.25) is 5.41 Å². The van der Waals surface area contributed by atoms with Gasteiger partial charge < -0.3 is 11.1 Å². The molecule has 1 aromatic carbocycles. The first-order chi connectivity index (χ1) is 6.16. The number of anilines is 1. The minimum atomic E-state index is 0.0726. The Morgan fingerprint density at radius 2 is 2.31 bits per heavy atom. The van der Waals surface area contributed by atoms with Gasteiger partial charge in [0.15, 0.2) is 0 Å². The highest BCUT2D eigenvalue weighted by molar-refractivity contribution is 9.10. The molecule has 70 valence electrons. The number of rotatable bonds is 3. The Balaban J connectivity index is 3.17. The number of nitrogens with one attached hydrogen (secondary N) is 2. The van der Waals surface area contributed by atoms with Gasteiger partial charge >= 0.3 is 0 Å². The van der Waals surface area contributed by atoms with Crippen molar-refractivity contribution in [1.29, 1.82) is 5.41 Å². The molecule has 0 aliphatic heterocycles. The van der Waals surface area contributed by atoms with Crippen molar-refractivity contribution in [2.45, 2.75) is 6.92 Å². The predicted molar refractivity (Wildman–Crippen MR) is 59.3 cm³/mol. The summed E-state index contributed by atoms with van der Waals surface area (Å²) in [6, 6.07) is 5.69. The average Bonchev–Trinajstić information content (AvgIpc) is 2.04. The fraction of sp³-hybridized carbons (Fsp3) is 0.222. The number of hydrogen-bond donors (Lipinski definition) is 3. The molecule has 0 unspecified atom stereocenters. The van der Waals surface area contributed by atoms with Crippen LogP contribution in [0.3, 0.4) is 0 Å². The second-order valence-electron chi connectivity index (χ2n) is 2.61. The Bertz CT molecular complexity index is 323. The molecule has 0 aliphatic carbocycles. The van der Waals surface area contributed by atoms with Gasteiger partial charge in [0.2, 0.25) is 0 Å². The van der Waals surface area contributed by atoms with E-state index in [9.17, 15) is 0 Å². The van der Waals surface area contributed by atoms with Crippen LogP contribution in [0.25, 0.3) is 0 Å². The Labute approximate surface area is 86.0 Å². The maximum atomic E-state index is 7.40. The minimum Gasteiger partial charge on any atom is -0.385 e. The van der Waals surface area contributed by atoms with Crippen molar-refractivity contribution in [3.63, 3.8) is 0 Å². The lowest BCUT2D eigenvalue weighted by Crippen LogP contribution is -2.15. The maximum Gasteiger partial charge on any atom is 0.126 e. The number of nitrogen functional groups attached to an aromatic ring is 1. The van der Waals surface area contributed by atoms with E-state index in [1.165, 1.54) is 0 Å². The summed E-state index contributed by atoms with van der Waals surface area (Å²) in [5, 5.41) is 10.6. The van der Waals surface area contributed by atoms with E-state index in [2.05, 4.69) is 21.2 Å². The highest BCUT2D eigenvalue weighted by Crippen LogP contribution is 2.23. The molecule has 0 amide bonds. The highest BCUT2D eigenvalue weighted by Gasteiger charge is 2.07. The Morgan fingerprint density at radius 1 is 1.62 bits per heavy atom. The SMILES string of the molecule is CCNc1cccc(Br)c1C(=N)N. The van der Waals surface area contributed by atoms with Gasteiger partial charge in [-0.15, -0.1) is 0 Å². The summed E-state index contributed by atoms with van der Waals surface area (Å²) in [5.74, 6) is 0.0726. The van der Waals surface area contributed by atoms with E-state index in [1.807, 2.05) is 25.1 Å². The minimum absolute atomic E-state index is 0.0726. The molecule has 0 heterocycles. The number of benzene rings is 1. The van der Waals surface area contributed by atoms with Gasteiger partial charge in [0.05, 0.1) is 5.56 Å². The van der Waals surface area contributed by atoms with Crippen molar-refractivity contribution < 1.29 is 0 Å². The zero-order valence-electron chi connectivity index (χ0n) is 7.39. The van der Waals surface area contributed by atoms with Crippen LogP contribution in [0.1, 0.15) is 12.5 Å². The third-order valence-electron chi connectivity index (χ3n) is 1.65. The van der Waals surface area contributed by atoms with E-state index in [0.717, 1.165) is 22.3 Å². The van der Waals surface area contributed by atoms with Gasteiger partial charge in [0, 0.05) is 16.7 Å². The number of hydrogen-bond acceptors (Lipinski definition) is 2. The topological polar surface area (TPSA) is 61.9 Å². The predicted octanol–water partition coefficient (Wildman–Crippen LogP) is 2.16. The first-order valence-electron chi connectivity index (χ1n) is 4.03. The lowest BCUT2D eigenvalue weighted by atomic mass is 10.1. The maximum absolute atomic E-state index is 7.40. The molecule has 1 aromatic rings. The molecule has 0 aromatic heterocycles. The molecule has 0 saturated carbocycles. The molecule has 0 bridgehead atoms. The summed E-state index contributed by atoms with van der Waals surface area (Å²) in [6.07, 6.45) is 0. The van der Waals surface area contributed by atoms with Gasteiger partial charge in [-0.1, -0.05) is 6.07 Å². The summed E-state index contributed by atoms with van der Waals surface area (Å²) < 4.78 is 0.846. The number of halogens is 1. The molecular weight excluding hydrogens is 230 g/mol. The van der Waals surface area contributed by atoms with Crippen LogP contribution in [0, 0.1) is 5.41 Å². The lowest BCUT2D eigenvalue weighted by Gasteiger charge is -2.10. The van der Waals surface area contributed by atoms with E-state index in [1.54, 1.807) is 0 Å². The van der Waals surface area contributed by atoms with Gasteiger partial charge in [0.1, 0.15) is 5.84 Å². The third-order valence-corrected chi connectivity index (χ3v) is 2.31. The van der Waals surface area contributed by atoms with E-state index in [4.69, 9.17) is 11.1 Å². The smallest absolute Gasteiger partial charge is 0.126 e. The molecule has 13 heavy (non-hydrogen) atoms. The summed E-state index contributed by atoms with van der Waals surface area (Å²) in [7, 11) is 0. The molecule has 0 atom stereocenters. The first kappa shape index (κ1) is 10.1. The van der Waals surface area contributed by atoms with Crippen LogP contribution in [0.2, 0.25) is 0 Å². The van der Waals surface area contributed by atoms with Crippen molar-refractivity contribution in [3.05, 3.63) is 28.2 Å². The number of amidine groups is 1. The number of nitrogens with two attached hydrogens (primary N) is 1. The summed E-state index contributed by atoms with van der Waals surface area (Å²) in [4.78, 5) is 0. The van der Waals surface area contributed by atoms with E-state index >= 15 is 0 Å². The van der Waals surface area contributed by atoms with Crippen LogP contribution >= 0.6 is 15.9 Å². The van der Waals surface area contributed by atoms with Gasteiger partial charge in [0.25, 0.3) is 0 Å². The monoisotopic (exact) mass is 241 g/mol. The molecule has 4 N–H and O–H groups in total. The molecule has 0 fully saturated rings. The normalized spacial score (nSPS) is 9.69. The fourth-order valence-electron chi connectivity index (χ4n) is 1.14. The molecule has 1 rings (SSSR count). The zero-order valence-corrected chi connectivity index (χ0v) is 8.98. The van der Waals surface area contributed by atoms with Crippen LogP contribution in [0.4, 0.5) is 5.69 Å². The van der Waals surface area contributed by atoms with Crippen LogP contribution in [-0.4, -0.2) is 12.4 Å². The van der Waals surface area contributed by atoms with Gasteiger partial charge in [-0.25, -0.2) is 0 Å².